The van der Waals surface area contributed by atoms with Crippen molar-refractivity contribution in [2.75, 3.05) is 12.3 Å². The fourth-order valence-corrected chi connectivity index (χ4v) is 3.25. The molecule has 0 aliphatic heterocycles. The summed E-state index contributed by atoms with van der Waals surface area (Å²) in [6, 6.07) is 1.52. The van der Waals surface area contributed by atoms with Crippen molar-refractivity contribution in [3.05, 3.63) is 22.8 Å². The monoisotopic (exact) mass is 297 g/mol. The largest absolute Gasteiger partial charge is 0.383 e. The lowest BCUT2D eigenvalue weighted by atomic mass is 9.73. The average molecular weight is 298 g/mol. The summed E-state index contributed by atoms with van der Waals surface area (Å²) in [5, 5.41) is 0.556. The van der Waals surface area contributed by atoms with E-state index in [-0.39, 0.29) is 11.6 Å². The minimum atomic E-state index is -0.345. The van der Waals surface area contributed by atoms with Gasteiger partial charge in [0.25, 0.3) is 0 Å². The Morgan fingerprint density at radius 2 is 2.15 bits per heavy atom. The van der Waals surface area contributed by atoms with Gasteiger partial charge in [0.05, 0.1) is 16.7 Å². The molecule has 1 unspecified atom stereocenters. The number of hydrogen-bond acceptors (Lipinski definition) is 4. The van der Waals surface area contributed by atoms with Gasteiger partial charge in [0, 0.05) is 18.4 Å². The van der Waals surface area contributed by atoms with Crippen molar-refractivity contribution in [2.24, 2.45) is 11.7 Å². The zero-order chi connectivity index (χ0) is 14.8. The van der Waals surface area contributed by atoms with Gasteiger partial charge in [0.15, 0.2) is 0 Å². The maximum absolute atomic E-state index is 6.50. The maximum Gasteiger partial charge on any atom is 0.128 e. The van der Waals surface area contributed by atoms with Crippen LogP contribution < -0.4 is 11.5 Å². The molecule has 1 aromatic heterocycles. The average Bonchev–Trinajstić information content (AvgIpc) is 2.44. The molecule has 0 spiro atoms. The van der Waals surface area contributed by atoms with Crippen LogP contribution in [0, 0.1) is 5.92 Å². The van der Waals surface area contributed by atoms with Crippen molar-refractivity contribution in [3.8, 4) is 0 Å². The topological polar surface area (TPSA) is 74.2 Å². The molecule has 1 fully saturated rings. The van der Waals surface area contributed by atoms with Crippen LogP contribution in [0.25, 0.3) is 0 Å². The second-order valence-corrected chi connectivity index (χ2v) is 6.22. The van der Waals surface area contributed by atoms with Crippen LogP contribution in [-0.4, -0.2) is 17.2 Å². The number of rotatable bonds is 4. The first-order chi connectivity index (χ1) is 9.48. The smallest absolute Gasteiger partial charge is 0.128 e. The summed E-state index contributed by atoms with van der Waals surface area (Å²) in [6.07, 6.45) is 5.71. The summed E-state index contributed by atoms with van der Waals surface area (Å²) >= 11 is 6.03. The molecule has 1 atom stereocenters. The van der Waals surface area contributed by atoms with Crippen molar-refractivity contribution in [1.82, 2.24) is 4.98 Å². The summed E-state index contributed by atoms with van der Waals surface area (Å²) in [5.74, 6) is 1.17. The van der Waals surface area contributed by atoms with E-state index in [0.29, 0.717) is 17.4 Å². The molecule has 1 aliphatic carbocycles. The van der Waals surface area contributed by atoms with Gasteiger partial charge in [-0.2, -0.15) is 0 Å². The lowest BCUT2D eigenvalue weighted by molar-refractivity contribution is -0.0895. The van der Waals surface area contributed by atoms with E-state index < -0.39 is 0 Å². The molecule has 5 heteroatoms. The third-order valence-electron chi connectivity index (χ3n) is 4.37. The van der Waals surface area contributed by atoms with Gasteiger partial charge in [0.2, 0.25) is 0 Å². The van der Waals surface area contributed by atoms with Crippen LogP contribution in [0.2, 0.25) is 5.02 Å². The van der Waals surface area contributed by atoms with Gasteiger partial charge in [-0.1, -0.05) is 18.5 Å². The van der Waals surface area contributed by atoms with Crippen LogP contribution >= 0.6 is 11.6 Å². The highest BCUT2D eigenvalue weighted by Crippen LogP contribution is 2.43. The fourth-order valence-electron chi connectivity index (χ4n) is 3.08. The van der Waals surface area contributed by atoms with Gasteiger partial charge in [-0.3, -0.25) is 0 Å². The van der Waals surface area contributed by atoms with E-state index in [9.17, 15) is 0 Å². The first kappa shape index (κ1) is 15.5. The van der Waals surface area contributed by atoms with Gasteiger partial charge in [-0.15, -0.1) is 0 Å². The van der Waals surface area contributed by atoms with Crippen molar-refractivity contribution < 1.29 is 4.74 Å². The molecule has 0 aromatic carbocycles. The predicted molar refractivity (Wildman–Crippen MR) is 82.6 cm³/mol. The number of anilines is 1. The normalized spacial score (nSPS) is 28.3. The van der Waals surface area contributed by atoms with Gasteiger partial charge < -0.3 is 16.2 Å². The number of hydrogen-bond donors (Lipinski definition) is 2. The maximum atomic E-state index is 6.50. The predicted octanol–water partition coefficient (Wildman–Crippen LogP) is 3.30. The van der Waals surface area contributed by atoms with Crippen LogP contribution in [0.4, 0.5) is 5.82 Å². The number of nitrogens with zero attached hydrogens (tertiary/aromatic N) is 1. The van der Waals surface area contributed by atoms with E-state index >= 15 is 0 Å². The molecule has 112 valence electrons. The Bertz CT molecular complexity index is 458. The number of halogens is 1. The minimum absolute atomic E-state index is 0.291. The van der Waals surface area contributed by atoms with Gasteiger partial charge in [-0.25, -0.2) is 4.98 Å². The van der Waals surface area contributed by atoms with Gasteiger partial charge >= 0.3 is 0 Å². The Hall–Kier alpha value is -0.840. The number of ether oxygens (including phenoxy) is 1. The molecule has 20 heavy (non-hydrogen) atoms. The minimum Gasteiger partial charge on any atom is -0.383 e. The van der Waals surface area contributed by atoms with Crippen molar-refractivity contribution >= 4 is 17.4 Å². The Morgan fingerprint density at radius 3 is 2.75 bits per heavy atom. The van der Waals surface area contributed by atoms with Crippen molar-refractivity contribution in [1.29, 1.82) is 0 Å². The molecule has 4 N–H and O–H groups in total. The van der Waals surface area contributed by atoms with Crippen molar-refractivity contribution in [3.63, 3.8) is 0 Å². The SMILES string of the molecule is CCOC1(C(N)c2cc(Cl)cnc2N)CCC(C)CC1. The third-order valence-corrected chi connectivity index (χ3v) is 4.58. The summed E-state index contributed by atoms with van der Waals surface area (Å²) in [5.41, 5.74) is 12.9. The molecule has 0 amide bonds. The highest BCUT2D eigenvalue weighted by Gasteiger charge is 2.41. The molecule has 1 saturated carbocycles. The van der Waals surface area contributed by atoms with Crippen LogP contribution in [0.3, 0.4) is 0 Å². The standard InChI is InChI=1S/C15H24ClN3O/c1-3-20-15(6-4-10(2)5-7-15)13(17)12-8-11(16)9-19-14(12)18/h8-10,13H,3-7,17H2,1-2H3,(H2,18,19). The third kappa shape index (κ3) is 3.08. The zero-order valence-corrected chi connectivity index (χ0v) is 13.0. The summed E-state index contributed by atoms with van der Waals surface area (Å²) in [7, 11) is 0. The summed E-state index contributed by atoms with van der Waals surface area (Å²) in [6.45, 7) is 4.93. The molecule has 1 heterocycles. The van der Waals surface area contributed by atoms with E-state index in [1.54, 1.807) is 6.20 Å². The molecule has 0 saturated heterocycles. The highest BCUT2D eigenvalue weighted by atomic mass is 35.5. The van der Waals surface area contributed by atoms with Gasteiger partial charge in [-0.05, 0) is 44.6 Å². The first-order valence-corrected chi connectivity index (χ1v) is 7.66. The number of nitrogen functional groups attached to an aromatic ring is 1. The van der Waals surface area contributed by atoms with E-state index in [1.807, 2.05) is 13.0 Å². The number of nitrogens with two attached hydrogens (primary N) is 2. The first-order valence-electron chi connectivity index (χ1n) is 7.29. The fraction of sp³-hybridized carbons (Fsp3) is 0.667. The Kier molecular flexibility index (Phi) is 4.89. The molecular weight excluding hydrogens is 274 g/mol. The van der Waals surface area contributed by atoms with Crippen LogP contribution in [0.1, 0.15) is 51.1 Å². The molecule has 0 radical (unpaired) electrons. The van der Waals surface area contributed by atoms with Crippen LogP contribution in [0.15, 0.2) is 12.3 Å². The van der Waals surface area contributed by atoms with Crippen LogP contribution in [0.5, 0.6) is 0 Å². The molecule has 1 aliphatic rings. The van der Waals surface area contributed by atoms with Crippen molar-refractivity contribution in [2.45, 2.75) is 51.2 Å². The van der Waals surface area contributed by atoms with Crippen LogP contribution in [-0.2, 0) is 4.74 Å². The molecule has 4 nitrogen and oxygen atoms in total. The number of aromatic nitrogens is 1. The quantitative estimate of drug-likeness (QED) is 0.894. The van der Waals surface area contributed by atoms with E-state index in [2.05, 4.69) is 11.9 Å². The second-order valence-electron chi connectivity index (χ2n) is 5.79. The second kappa shape index (κ2) is 6.29. The molecular formula is C15H24ClN3O. The number of pyridine rings is 1. The molecule has 1 aromatic rings. The summed E-state index contributed by atoms with van der Waals surface area (Å²) in [4.78, 5) is 4.11. The Balaban J connectivity index is 2.31. The zero-order valence-electron chi connectivity index (χ0n) is 12.2. The lowest BCUT2D eigenvalue weighted by Crippen LogP contribution is -2.46. The molecule has 2 rings (SSSR count). The molecule has 0 bridgehead atoms. The summed E-state index contributed by atoms with van der Waals surface area (Å²) < 4.78 is 6.08. The highest BCUT2D eigenvalue weighted by molar-refractivity contribution is 6.30. The Labute approximate surface area is 125 Å². The Morgan fingerprint density at radius 1 is 1.50 bits per heavy atom. The van der Waals surface area contributed by atoms with E-state index in [0.717, 1.165) is 37.2 Å². The van der Waals surface area contributed by atoms with E-state index in [4.69, 9.17) is 27.8 Å². The van der Waals surface area contributed by atoms with E-state index in [1.165, 1.54) is 0 Å². The lowest BCUT2D eigenvalue weighted by Gasteiger charge is -2.43. The van der Waals surface area contributed by atoms with Gasteiger partial charge in [0.1, 0.15) is 5.82 Å².